The summed E-state index contributed by atoms with van der Waals surface area (Å²) in [6.07, 6.45) is 0. The number of hydrogen-bond donors (Lipinski definition) is 1. The third kappa shape index (κ3) is 3.60. The molecule has 0 aliphatic heterocycles. The first-order valence-electron chi connectivity index (χ1n) is 8.88. The molecule has 0 aliphatic carbocycles. The molecular formula is C23H18FNO3. The molecule has 1 heterocycles. The molecule has 0 atom stereocenters. The number of carboxylic acids is 1. The lowest BCUT2D eigenvalue weighted by Crippen LogP contribution is -2.09. The van der Waals surface area contributed by atoms with Crippen molar-refractivity contribution in [3.05, 3.63) is 102 Å². The van der Waals surface area contributed by atoms with Crippen molar-refractivity contribution in [2.45, 2.75) is 13.2 Å². The van der Waals surface area contributed by atoms with E-state index in [1.54, 1.807) is 10.6 Å². The Bertz CT molecular complexity index is 1120. The molecule has 4 nitrogen and oxygen atoms in total. The molecule has 0 saturated heterocycles. The minimum atomic E-state index is -1.07. The summed E-state index contributed by atoms with van der Waals surface area (Å²) in [5.74, 6) is -1.21. The quantitative estimate of drug-likeness (QED) is 0.510. The lowest BCUT2D eigenvalue weighted by molar-refractivity contribution is 0.0686. The summed E-state index contributed by atoms with van der Waals surface area (Å²) in [6, 6.07) is 23.2. The standard InChI is InChI=1S/C23H18FNO3/c24-18-11-20-19(22(12-18)28-15-17-9-5-2-6-10-17)13-21(23(26)27)25(20)14-16-7-3-1-4-8-16/h1-13H,14-15H2,(H,26,27). The van der Waals surface area contributed by atoms with E-state index in [0.717, 1.165) is 11.1 Å². The molecule has 28 heavy (non-hydrogen) atoms. The summed E-state index contributed by atoms with van der Waals surface area (Å²) in [5.41, 5.74) is 2.46. The monoisotopic (exact) mass is 375 g/mol. The van der Waals surface area contributed by atoms with Gasteiger partial charge in [-0.2, -0.15) is 0 Å². The highest BCUT2D eigenvalue weighted by Crippen LogP contribution is 2.32. The van der Waals surface area contributed by atoms with Crippen LogP contribution in [0.3, 0.4) is 0 Å². The van der Waals surface area contributed by atoms with Crippen LogP contribution in [-0.4, -0.2) is 15.6 Å². The fourth-order valence-corrected chi connectivity index (χ4v) is 3.26. The van der Waals surface area contributed by atoms with Crippen molar-refractivity contribution in [3.8, 4) is 5.75 Å². The number of hydrogen-bond acceptors (Lipinski definition) is 2. The van der Waals surface area contributed by atoms with Gasteiger partial charge in [0.1, 0.15) is 23.9 Å². The molecule has 5 heteroatoms. The van der Waals surface area contributed by atoms with Crippen LogP contribution in [0.1, 0.15) is 21.6 Å². The highest BCUT2D eigenvalue weighted by atomic mass is 19.1. The van der Waals surface area contributed by atoms with E-state index in [4.69, 9.17) is 4.74 Å². The molecule has 140 valence electrons. The number of carbonyl (C=O) groups is 1. The third-order valence-corrected chi connectivity index (χ3v) is 4.59. The van der Waals surface area contributed by atoms with E-state index < -0.39 is 11.8 Å². The molecule has 0 radical (unpaired) electrons. The predicted molar refractivity (Wildman–Crippen MR) is 105 cm³/mol. The summed E-state index contributed by atoms with van der Waals surface area (Å²) in [5, 5.41) is 10.2. The maximum absolute atomic E-state index is 14.3. The summed E-state index contributed by atoms with van der Waals surface area (Å²) in [6.45, 7) is 0.596. The second-order valence-electron chi connectivity index (χ2n) is 6.52. The number of fused-ring (bicyclic) bond motifs is 1. The van der Waals surface area contributed by atoms with Crippen molar-refractivity contribution in [1.82, 2.24) is 4.57 Å². The lowest BCUT2D eigenvalue weighted by atomic mass is 10.2. The minimum absolute atomic E-state index is 0.0917. The van der Waals surface area contributed by atoms with Crippen LogP contribution in [0.2, 0.25) is 0 Å². The first-order valence-corrected chi connectivity index (χ1v) is 8.88. The molecule has 1 aromatic heterocycles. The van der Waals surface area contributed by atoms with E-state index in [0.29, 0.717) is 23.2 Å². The number of halogens is 1. The molecule has 0 saturated carbocycles. The number of carboxylic acid groups (broad SMARTS) is 1. The molecule has 0 amide bonds. The van der Waals surface area contributed by atoms with Gasteiger partial charge < -0.3 is 14.4 Å². The van der Waals surface area contributed by atoms with E-state index in [9.17, 15) is 14.3 Å². The predicted octanol–water partition coefficient (Wildman–Crippen LogP) is 5.11. The van der Waals surface area contributed by atoms with Gasteiger partial charge in [-0.25, -0.2) is 9.18 Å². The summed E-state index contributed by atoms with van der Waals surface area (Å²) >= 11 is 0. The first-order chi connectivity index (χ1) is 13.6. The van der Waals surface area contributed by atoms with Crippen LogP contribution in [-0.2, 0) is 13.2 Å². The van der Waals surface area contributed by atoms with Crippen LogP contribution in [0.15, 0.2) is 78.9 Å². The van der Waals surface area contributed by atoms with Crippen molar-refractivity contribution in [2.24, 2.45) is 0 Å². The van der Waals surface area contributed by atoms with Crippen molar-refractivity contribution >= 4 is 16.9 Å². The van der Waals surface area contributed by atoms with Gasteiger partial charge in [0.2, 0.25) is 0 Å². The van der Waals surface area contributed by atoms with Gasteiger partial charge in [0.05, 0.1) is 5.52 Å². The Morgan fingerprint density at radius 3 is 2.21 bits per heavy atom. The zero-order valence-corrected chi connectivity index (χ0v) is 15.0. The Morgan fingerprint density at radius 1 is 0.929 bits per heavy atom. The highest BCUT2D eigenvalue weighted by Gasteiger charge is 2.19. The molecule has 0 fully saturated rings. The number of benzene rings is 3. The maximum Gasteiger partial charge on any atom is 0.352 e. The normalized spacial score (nSPS) is 10.9. The van der Waals surface area contributed by atoms with Gasteiger partial charge in [0, 0.05) is 18.0 Å². The van der Waals surface area contributed by atoms with Crippen LogP contribution >= 0.6 is 0 Å². The van der Waals surface area contributed by atoms with Gasteiger partial charge in [-0.05, 0) is 23.3 Å². The third-order valence-electron chi connectivity index (χ3n) is 4.59. The maximum atomic E-state index is 14.3. The number of aromatic nitrogens is 1. The Labute approximate surface area is 161 Å². The zero-order valence-electron chi connectivity index (χ0n) is 15.0. The fraction of sp³-hybridized carbons (Fsp3) is 0.0870. The van der Waals surface area contributed by atoms with Crippen LogP contribution in [0, 0.1) is 5.82 Å². The largest absolute Gasteiger partial charge is 0.488 e. The van der Waals surface area contributed by atoms with Gasteiger partial charge in [-0.3, -0.25) is 0 Å². The van der Waals surface area contributed by atoms with Gasteiger partial charge >= 0.3 is 5.97 Å². The average molecular weight is 375 g/mol. The fourth-order valence-electron chi connectivity index (χ4n) is 3.26. The van der Waals surface area contributed by atoms with Gasteiger partial charge in [0.25, 0.3) is 0 Å². The van der Waals surface area contributed by atoms with Crippen LogP contribution < -0.4 is 4.74 Å². The Balaban J connectivity index is 1.77. The summed E-state index contributed by atoms with van der Waals surface area (Å²) in [4.78, 5) is 11.8. The van der Waals surface area contributed by atoms with Crippen LogP contribution in [0.5, 0.6) is 5.75 Å². The molecule has 0 spiro atoms. The van der Waals surface area contributed by atoms with Gasteiger partial charge in [-0.15, -0.1) is 0 Å². The Kier molecular flexibility index (Phi) is 4.81. The molecule has 4 rings (SSSR count). The molecule has 0 unspecified atom stereocenters. The van der Waals surface area contributed by atoms with Crippen LogP contribution in [0.4, 0.5) is 4.39 Å². The average Bonchev–Trinajstić information content (AvgIpc) is 3.06. The SMILES string of the molecule is O=C(O)c1cc2c(OCc3ccccc3)cc(F)cc2n1Cc1ccccc1. The highest BCUT2D eigenvalue weighted by molar-refractivity contribution is 5.97. The molecule has 3 aromatic carbocycles. The smallest absolute Gasteiger partial charge is 0.352 e. The van der Waals surface area contributed by atoms with Crippen LogP contribution in [0.25, 0.3) is 10.9 Å². The molecular weight excluding hydrogens is 357 g/mol. The minimum Gasteiger partial charge on any atom is -0.488 e. The number of nitrogens with zero attached hydrogens (tertiary/aromatic N) is 1. The van der Waals surface area contributed by atoms with E-state index in [1.165, 1.54) is 12.1 Å². The van der Waals surface area contributed by atoms with Crippen molar-refractivity contribution < 1.29 is 19.0 Å². The zero-order chi connectivity index (χ0) is 19.5. The summed E-state index contributed by atoms with van der Waals surface area (Å²) in [7, 11) is 0. The topological polar surface area (TPSA) is 51.5 Å². The number of rotatable bonds is 6. The van der Waals surface area contributed by atoms with Gasteiger partial charge in [0.15, 0.2) is 0 Å². The Morgan fingerprint density at radius 2 is 1.57 bits per heavy atom. The van der Waals surface area contributed by atoms with E-state index in [-0.39, 0.29) is 12.3 Å². The second kappa shape index (κ2) is 7.56. The van der Waals surface area contributed by atoms with Crippen molar-refractivity contribution in [2.75, 3.05) is 0 Å². The lowest BCUT2D eigenvalue weighted by Gasteiger charge is -2.11. The number of aromatic carboxylic acids is 1. The van der Waals surface area contributed by atoms with Crippen molar-refractivity contribution in [3.63, 3.8) is 0 Å². The molecule has 4 aromatic rings. The van der Waals surface area contributed by atoms with E-state index in [1.807, 2.05) is 60.7 Å². The van der Waals surface area contributed by atoms with E-state index >= 15 is 0 Å². The number of ether oxygens (including phenoxy) is 1. The Hall–Kier alpha value is -3.60. The van der Waals surface area contributed by atoms with Gasteiger partial charge in [-0.1, -0.05) is 60.7 Å². The molecule has 1 N–H and O–H groups in total. The molecule has 0 bridgehead atoms. The second-order valence-corrected chi connectivity index (χ2v) is 6.52. The van der Waals surface area contributed by atoms with Crippen molar-refractivity contribution in [1.29, 1.82) is 0 Å². The first kappa shape index (κ1) is 17.8. The molecule has 0 aliphatic rings. The van der Waals surface area contributed by atoms with E-state index in [2.05, 4.69) is 0 Å². The summed E-state index contributed by atoms with van der Waals surface area (Å²) < 4.78 is 21.8.